The number of nitrogens with two attached hydrogens (primary N) is 1. The van der Waals surface area contributed by atoms with Crippen LogP contribution in [0.15, 0.2) is 215 Å². The van der Waals surface area contributed by atoms with Gasteiger partial charge in [-0.2, -0.15) is 0 Å². The van der Waals surface area contributed by atoms with Crippen LogP contribution in [0.5, 0.6) is 0 Å². The average Bonchev–Trinajstić information content (AvgIpc) is 1.43. The Bertz CT molecular complexity index is 4160. The molecule has 9 aliphatic heterocycles. The van der Waals surface area contributed by atoms with E-state index in [4.69, 9.17) is 32.9 Å². The number of aromatic nitrogens is 1. The van der Waals surface area contributed by atoms with E-state index in [-0.39, 0.29) is 12.8 Å². The molecule has 101 heavy (non-hydrogen) atoms. The van der Waals surface area contributed by atoms with Crippen LogP contribution in [0.2, 0.25) is 5.15 Å². The second-order valence-electron chi connectivity index (χ2n) is 25.3. The van der Waals surface area contributed by atoms with Gasteiger partial charge in [0.15, 0.2) is 0 Å². The van der Waals surface area contributed by atoms with Crippen LogP contribution >= 0.6 is 92.9 Å². The molecule has 20 heteroatoms. The van der Waals surface area contributed by atoms with Crippen molar-refractivity contribution in [2.75, 3.05) is 107 Å². The molecule has 9 aliphatic rings. The largest absolute Gasteiger partial charge is 0.385 e. The van der Waals surface area contributed by atoms with Crippen molar-refractivity contribution in [3.8, 4) is 0 Å². The third kappa shape index (κ3) is 20.1. The standard InChI is InChI=1S/C23H24N2OS.C22H22N2O2S.C11H9IN2.C11H14O2S.C9H5ClIN.C3H9N.CH3F.CH4/c1-23(9-13-26-14-10-23)18-3-2-4-19(16-18)27-20-6-7-21-17(15-20)5-8-22-24-11-12-25(21)22;25-22(8-12-26-13-9-22)17-2-1-3-18(15-17)27-19-5-6-20-16(14-19)4-7-21-23-10-11-24(20)21;12-9-2-3-10-8(7-9)1-4-11-13-5-6-14(10)11;12-11(4-6-13-7-5-11)9-2-1-3-10(14)8-9;10-9-4-1-6-5-7(11)2-3-8(6)12-9;1-2-3-4;1-2;/h2-8,15-16H,9-14H2,1H3;1-7,14-15,25H,8-13H2;1-4,7H,5-6H2;1-3,8,12,14H,4-7H2;1-5H;2-4H2,1H3;1H3;1H4/i;;;;;;1D;. The van der Waals surface area contributed by atoms with Crippen LogP contribution in [0.3, 0.4) is 0 Å². The highest BCUT2D eigenvalue weighted by molar-refractivity contribution is 14.1. The summed E-state index contributed by atoms with van der Waals surface area (Å²) in [4.78, 5) is 30.4. The molecule has 0 amide bonds. The van der Waals surface area contributed by atoms with E-state index in [1.807, 2.05) is 66.4 Å². The number of amidine groups is 3. The van der Waals surface area contributed by atoms with Crippen LogP contribution in [0.4, 0.5) is 21.5 Å². The van der Waals surface area contributed by atoms with Crippen LogP contribution in [-0.4, -0.2) is 125 Å². The molecule has 0 unspecified atom stereocenters. The molecule has 1 aromatic heterocycles. The maximum Gasteiger partial charge on any atom is 0.129 e. The SMILES string of the molecule is C.CC1(c2cccc(Sc3ccc4c(c3)C=CC3=NCCN34)c2)CCOCC1.CCCN.Clc1ccc2cc(I)ccc2n1.Ic1ccc2c(c1)C=CC1=NCCN12.OC1(c2cccc(S)c2)CCOCC1.OC1(c2cccc(Sc3ccc4c(c3)C=CC3=NCCN34)c2)CCOCC1.[2H]CF. The third-order valence-corrected chi connectivity index (χ3v) is 22.4. The summed E-state index contributed by atoms with van der Waals surface area (Å²) in [6, 6.07) is 54.9. The number of pyridine rings is 1. The summed E-state index contributed by atoms with van der Waals surface area (Å²) in [6.45, 7) is 15.1. The Hall–Kier alpha value is -5.93. The van der Waals surface area contributed by atoms with Crippen LogP contribution < -0.4 is 20.4 Å². The van der Waals surface area contributed by atoms with Crippen molar-refractivity contribution in [2.24, 2.45) is 20.7 Å². The summed E-state index contributed by atoms with van der Waals surface area (Å²) in [6.07, 6.45) is 18.8. The van der Waals surface area contributed by atoms with Crippen LogP contribution in [0.25, 0.3) is 29.1 Å². The monoisotopic (exact) mass is 1660 g/mol. The van der Waals surface area contributed by atoms with Crippen LogP contribution in [0, 0.1) is 7.14 Å². The first-order valence-corrected chi connectivity index (χ1v) is 38.6. The molecule has 0 bridgehead atoms. The fourth-order valence-electron chi connectivity index (χ4n) is 12.9. The lowest BCUT2D eigenvalue weighted by Crippen LogP contribution is -2.33. The molecule has 7 aromatic carbocycles. The summed E-state index contributed by atoms with van der Waals surface area (Å²) >= 11 is 18.2. The third-order valence-electron chi connectivity index (χ3n) is 18.6. The van der Waals surface area contributed by atoms with E-state index >= 15 is 0 Å². The van der Waals surface area contributed by atoms with Gasteiger partial charge in [-0.3, -0.25) is 19.4 Å². The van der Waals surface area contributed by atoms with Gasteiger partial charge in [0.25, 0.3) is 0 Å². The minimum atomic E-state index is -1.00. The molecule has 10 heterocycles. The lowest BCUT2D eigenvalue weighted by molar-refractivity contribution is -0.0684. The van der Waals surface area contributed by atoms with Gasteiger partial charge >= 0.3 is 0 Å². The second-order valence-corrected chi connectivity index (χ2v) is 31.0. The molecule has 0 atom stereocenters. The molecule has 17 rings (SSSR count). The average molecular weight is 1660 g/mol. The number of rotatable bonds is 8. The molecule has 0 saturated carbocycles. The van der Waals surface area contributed by atoms with Gasteiger partial charge in [0.05, 0.1) is 44.9 Å². The van der Waals surface area contributed by atoms with Crippen LogP contribution in [0.1, 0.15) is 101 Å². The minimum absolute atomic E-state index is 0. The first kappa shape index (κ1) is 76.2. The summed E-state index contributed by atoms with van der Waals surface area (Å²) in [5.41, 5.74) is 15.8. The lowest BCUT2D eigenvalue weighted by Gasteiger charge is -2.34. The van der Waals surface area contributed by atoms with E-state index in [1.54, 1.807) is 17.8 Å². The van der Waals surface area contributed by atoms with Crippen molar-refractivity contribution in [3.63, 3.8) is 0 Å². The minimum Gasteiger partial charge on any atom is -0.385 e. The molecule has 0 aliphatic carbocycles. The van der Waals surface area contributed by atoms with Gasteiger partial charge in [0.1, 0.15) is 22.7 Å². The van der Waals surface area contributed by atoms with Gasteiger partial charge in [-0.05, 0) is 268 Å². The fourth-order valence-corrected chi connectivity index (χ4v) is 16.2. The van der Waals surface area contributed by atoms with Gasteiger partial charge in [0.2, 0.25) is 0 Å². The highest BCUT2D eigenvalue weighted by Crippen LogP contribution is 2.42. The first-order valence-electron chi connectivity index (χ1n) is 34.7. The topological polar surface area (TPSA) is 154 Å². The van der Waals surface area contributed by atoms with Gasteiger partial charge < -0.3 is 44.9 Å². The number of thiol groups is 1. The van der Waals surface area contributed by atoms with Crippen molar-refractivity contribution in [1.29, 1.82) is 0 Å². The summed E-state index contributed by atoms with van der Waals surface area (Å²) in [7, 11) is -1.00. The molecule has 13 nitrogen and oxygen atoms in total. The number of aliphatic imine (C=N–C) groups is 3. The molecule has 0 radical (unpaired) electrons. The van der Waals surface area contributed by atoms with E-state index in [0.29, 0.717) is 57.3 Å². The van der Waals surface area contributed by atoms with Gasteiger partial charge in [-0.15, -0.1) is 12.6 Å². The molecular formula is C81H90ClFI2N8O5S3. The lowest BCUT2D eigenvalue weighted by atomic mass is 9.76. The predicted molar refractivity (Wildman–Crippen MR) is 441 cm³/mol. The zero-order valence-electron chi connectivity index (χ0n) is 57.4. The van der Waals surface area contributed by atoms with E-state index in [1.165, 1.54) is 61.1 Å². The van der Waals surface area contributed by atoms with E-state index in [9.17, 15) is 14.6 Å². The summed E-state index contributed by atoms with van der Waals surface area (Å²) in [5.74, 6) is 3.28. The zero-order chi connectivity index (χ0) is 70.8. The Balaban J connectivity index is 0.000000139. The first-order chi connectivity index (χ1) is 49.1. The highest BCUT2D eigenvalue weighted by atomic mass is 127. The smallest absolute Gasteiger partial charge is 0.129 e. The molecule has 530 valence electrons. The van der Waals surface area contributed by atoms with Crippen molar-refractivity contribution in [1.82, 2.24) is 4.98 Å². The van der Waals surface area contributed by atoms with Crippen LogP contribution in [-0.2, 0) is 30.8 Å². The normalized spacial score (nSPS) is 17.9. The number of halogens is 4. The second kappa shape index (κ2) is 37.2. The predicted octanol–water partition coefficient (Wildman–Crippen LogP) is 18.8. The number of aliphatic hydroxyl groups is 2. The molecule has 0 spiro atoms. The number of hydrogen-bond donors (Lipinski definition) is 4. The number of fused-ring (bicyclic) bond motifs is 10. The number of nitrogens with zero attached hydrogens (tertiary/aromatic N) is 7. The zero-order valence-corrected chi connectivity index (χ0v) is 64.0. The molecule has 3 saturated heterocycles. The number of ether oxygens (including phenoxy) is 3. The van der Waals surface area contributed by atoms with Crippen molar-refractivity contribution >= 4 is 157 Å². The Morgan fingerprint density at radius 3 is 1.44 bits per heavy atom. The quantitative estimate of drug-likeness (QED) is 0.0650. The van der Waals surface area contributed by atoms with E-state index in [2.05, 4.69) is 240 Å². The Kier molecular flexibility index (Phi) is 28.0. The van der Waals surface area contributed by atoms with Crippen molar-refractivity contribution < 1.29 is 30.2 Å². The summed E-state index contributed by atoms with van der Waals surface area (Å²) < 4.78 is 34.2. The Labute approximate surface area is 643 Å². The van der Waals surface area contributed by atoms with Crippen molar-refractivity contribution in [2.45, 2.75) is 107 Å². The molecular weight excluding hydrogens is 1570 g/mol. The molecule has 3 fully saturated rings. The molecule has 4 N–H and O–H groups in total. The number of alkyl halides is 1. The number of hydrogen-bond acceptors (Lipinski definition) is 16. The number of benzene rings is 7. The fraction of sp³-hybridized carbons (Fsp3) is 0.333. The summed E-state index contributed by atoms with van der Waals surface area (Å²) in [5, 5.41) is 23.0. The maximum absolute atomic E-state index is 11.0. The van der Waals surface area contributed by atoms with Crippen molar-refractivity contribution in [3.05, 3.63) is 222 Å². The van der Waals surface area contributed by atoms with E-state index in [0.717, 1.165) is 128 Å². The highest BCUT2D eigenvalue weighted by Gasteiger charge is 2.34. The Morgan fingerprint density at radius 1 is 0.545 bits per heavy atom. The van der Waals surface area contributed by atoms with Gasteiger partial charge in [0, 0.05) is 139 Å². The molecule has 8 aromatic rings. The van der Waals surface area contributed by atoms with E-state index < -0.39 is 18.4 Å². The maximum atomic E-state index is 11.0. The van der Waals surface area contributed by atoms with Gasteiger partial charge in [-0.25, -0.2) is 4.98 Å². The van der Waals surface area contributed by atoms with Gasteiger partial charge in [-0.1, -0.05) is 92.8 Å². The Morgan fingerprint density at radius 2 is 0.950 bits per heavy atom. The number of anilines is 3.